The lowest BCUT2D eigenvalue weighted by Crippen LogP contribution is -2.46. The van der Waals surface area contributed by atoms with Crippen LogP contribution in [0, 0.1) is 5.92 Å². The van der Waals surface area contributed by atoms with Crippen LogP contribution in [0.5, 0.6) is 0 Å². The number of hydrogen-bond donors (Lipinski definition) is 1. The highest BCUT2D eigenvalue weighted by atomic mass is 16.2. The first-order valence-corrected chi connectivity index (χ1v) is 7.85. The molecule has 0 aromatic carbocycles. The molecule has 0 saturated carbocycles. The Bertz CT molecular complexity index is 351. The Morgan fingerprint density at radius 3 is 2.80 bits per heavy atom. The molecule has 0 bridgehead atoms. The highest BCUT2D eigenvalue weighted by Crippen LogP contribution is 2.12. The third-order valence-corrected chi connectivity index (χ3v) is 4.00. The van der Waals surface area contributed by atoms with Crippen LogP contribution < -0.4 is 5.32 Å². The Labute approximate surface area is 121 Å². The zero-order valence-corrected chi connectivity index (χ0v) is 12.7. The van der Waals surface area contributed by atoms with Gasteiger partial charge in [0.1, 0.15) is 0 Å². The van der Waals surface area contributed by atoms with E-state index in [0.29, 0.717) is 31.5 Å². The zero-order valence-electron chi connectivity index (χ0n) is 12.7. The molecule has 2 aliphatic heterocycles. The minimum atomic E-state index is -0.0221. The van der Waals surface area contributed by atoms with Gasteiger partial charge in [0.05, 0.1) is 6.54 Å². The van der Waals surface area contributed by atoms with Crippen molar-refractivity contribution >= 4 is 11.8 Å². The Kier molecular flexibility index (Phi) is 5.54. The predicted molar refractivity (Wildman–Crippen MR) is 78.3 cm³/mol. The second kappa shape index (κ2) is 7.18. The van der Waals surface area contributed by atoms with Crippen LogP contribution in [-0.4, -0.2) is 60.4 Å². The van der Waals surface area contributed by atoms with Crippen molar-refractivity contribution in [3.63, 3.8) is 0 Å². The van der Waals surface area contributed by atoms with Gasteiger partial charge < -0.3 is 5.32 Å². The molecule has 2 rings (SSSR count). The van der Waals surface area contributed by atoms with Crippen molar-refractivity contribution in [1.82, 2.24) is 15.1 Å². The molecule has 0 spiro atoms. The number of amides is 2. The number of rotatable bonds is 6. The molecule has 0 aromatic heterocycles. The second-order valence-corrected chi connectivity index (χ2v) is 6.42. The van der Waals surface area contributed by atoms with E-state index in [-0.39, 0.29) is 11.8 Å². The van der Waals surface area contributed by atoms with Gasteiger partial charge in [-0.25, -0.2) is 0 Å². The Hall–Kier alpha value is -0.940. The molecule has 0 aliphatic carbocycles. The van der Waals surface area contributed by atoms with Gasteiger partial charge in [-0.3, -0.25) is 19.4 Å². The molecule has 1 unspecified atom stereocenters. The maximum absolute atomic E-state index is 12.3. The number of carbonyl (C=O) groups excluding carboxylic acids is 2. The van der Waals surface area contributed by atoms with E-state index in [4.69, 9.17) is 0 Å². The van der Waals surface area contributed by atoms with Crippen LogP contribution >= 0.6 is 0 Å². The van der Waals surface area contributed by atoms with E-state index in [2.05, 4.69) is 24.1 Å². The average Bonchev–Trinajstić information content (AvgIpc) is 2.99. The molecule has 0 aromatic rings. The van der Waals surface area contributed by atoms with Crippen LogP contribution in [0.1, 0.15) is 39.5 Å². The number of likely N-dealkylation sites (tertiary alicyclic amines) is 1. The molecule has 0 radical (unpaired) electrons. The van der Waals surface area contributed by atoms with E-state index >= 15 is 0 Å². The average molecular weight is 281 g/mol. The van der Waals surface area contributed by atoms with Crippen LogP contribution in [0.15, 0.2) is 0 Å². The SMILES string of the molecule is CC(C)CN(CC(=O)N1CCCC1=O)CC1CCCN1. The van der Waals surface area contributed by atoms with Crippen LogP contribution in [0.3, 0.4) is 0 Å². The van der Waals surface area contributed by atoms with Crippen molar-refractivity contribution in [2.45, 2.75) is 45.6 Å². The lowest BCUT2D eigenvalue weighted by Gasteiger charge is -2.28. The van der Waals surface area contributed by atoms with Crippen molar-refractivity contribution in [3.8, 4) is 0 Å². The fraction of sp³-hybridized carbons (Fsp3) is 0.867. The molecule has 20 heavy (non-hydrogen) atoms. The summed E-state index contributed by atoms with van der Waals surface area (Å²) < 4.78 is 0. The van der Waals surface area contributed by atoms with E-state index < -0.39 is 0 Å². The molecule has 2 aliphatic rings. The molecule has 2 heterocycles. The molecule has 5 heteroatoms. The number of nitrogens with one attached hydrogen (secondary N) is 1. The van der Waals surface area contributed by atoms with Gasteiger partial charge in [0.15, 0.2) is 0 Å². The maximum atomic E-state index is 12.3. The monoisotopic (exact) mass is 281 g/mol. The summed E-state index contributed by atoms with van der Waals surface area (Å²) in [5.41, 5.74) is 0. The van der Waals surface area contributed by atoms with Crippen molar-refractivity contribution in [3.05, 3.63) is 0 Å². The number of carbonyl (C=O) groups is 2. The van der Waals surface area contributed by atoms with Gasteiger partial charge in [0.2, 0.25) is 11.8 Å². The van der Waals surface area contributed by atoms with Gasteiger partial charge in [0.25, 0.3) is 0 Å². The van der Waals surface area contributed by atoms with Crippen molar-refractivity contribution < 1.29 is 9.59 Å². The minimum Gasteiger partial charge on any atom is -0.313 e. The largest absolute Gasteiger partial charge is 0.313 e. The van der Waals surface area contributed by atoms with Gasteiger partial charge in [-0.15, -0.1) is 0 Å². The second-order valence-electron chi connectivity index (χ2n) is 6.42. The van der Waals surface area contributed by atoms with Crippen LogP contribution in [0.4, 0.5) is 0 Å². The van der Waals surface area contributed by atoms with Crippen LogP contribution in [0.2, 0.25) is 0 Å². The van der Waals surface area contributed by atoms with Gasteiger partial charge >= 0.3 is 0 Å². The standard InChI is InChI=1S/C15H27N3O2/c1-12(2)9-17(10-13-5-3-7-16-13)11-15(20)18-8-4-6-14(18)19/h12-13,16H,3-11H2,1-2H3. The predicted octanol–water partition coefficient (Wildman–Crippen LogP) is 0.845. The van der Waals surface area contributed by atoms with E-state index in [1.54, 1.807) is 0 Å². The maximum Gasteiger partial charge on any atom is 0.243 e. The summed E-state index contributed by atoms with van der Waals surface area (Å²) >= 11 is 0. The normalized spacial score (nSPS) is 23.3. The summed E-state index contributed by atoms with van der Waals surface area (Å²) in [6, 6.07) is 0.496. The molecule has 2 fully saturated rings. The topological polar surface area (TPSA) is 52.7 Å². The van der Waals surface area contributed by atoms with Crippen molar-refractivity contribution in [2.24, 2.45) is 5.92 Å². The third-order valence-electron chi connectivity index (χ3n) is 4.00. The fourth-order valence-corrected chi connectivity index (χ4v) is 3.13. The summed E-state index contributed by atoms with van der Waals surface area (Å²) in [5.74, 6) is 0.503. The molecule has 1 atom stereocenters. The molecule has 2 saturated heterocycles. The lowest BCUT2D eigenvalue weighted by molar-refractivity contribution is -0.142. The molecular formula is C15H27N3O2. The highest BCUT2D eigenvalue weighted by molar-refractivity contribution is 5.97. The Balaban J connectivity index is 1.88. The van der Waals surface area contributed by atoms with Gasteiger partial charge in [-0.05, 0) is 31.7 Å². The van der Waals surface area contributed by atoms with Crippen molar-refractivity contribution in [1.29, 1.82) is 0 Å². The Morgan fingerprint density at radius 1 is 1.45 bits per heavy atom. The number of hydrogen-bond acceptors (Lipinski definition) is 4. The summed E-state index contributed by atoms with van der Waals surface area (Å²) in [5, 5.41) is 3.48. The van der Waals surface area contributed by atoms with E-state index in [1.165, 1.54) is 17.7 Å². The molecule has 1 N–H and O–H groups in total. The highest BCUT2D eigenvalue weighted by Gasteiger charge is 2.28. The van der Waals surface area contributed by atoms with Gasteiger partial charge in [0, 0.05) is 32.1 Å². The summed E-state index contributed by atoms with van der Waals surface area (Å²) in [4.78, 5) is 27.6. The van der Waals surface area contributed by atoms with Gasteiger partial charge in [-0.2, -0.15) is 0 Å². The molecule has 114 valence electrons. The van der Waals surface area contributed by atoms with Crippen molar-refractivity contribution in [2.75, 3.05) is 32.7 Å². The van der Waals surface area contributed by atoms with Crippen LogP contribution in [-0.2, 0) is 9.59 Å². The van der Waals surface area contributed by atoms with Crippen LogP contribution in [0.25, 0.3) is 0 Å². The van der Waals surface area contributed by atoms with E-state index in [0.717, 1.165) is 26.1 Å². The zero-order chi connectivity index (χ0) is 14.5. The number of nitrogens with zero attached hydrogens (tertiary/aromatic N) is 2. The van der Waals surface area contributed by atoms with Gasteiger partial charge in [-0.1, -0.05) is 13.8 Å². The summed E-state index contributed by atoms with van der Waals surface area (Å²) in [7, 11) is 0. The quantitative estimate of drug-likeness (QED) is 0.784. The van der Waals surface area contributed by atoms with E-state index in [9.17, 15) is 9.59 Å². The Morgan fingerprint density at radius 2 is 2.25 bits per heavy atom. The summed E-state index contributed by atoms with van der Waals surface area (Å²) in [6.07, 6.45) is 3.75. The smallest absolute Gasteiger partial charge is 0.243 e. The fourth-order valence-electron chi connectivity index (χ4n) is 3.13. The first-order chi connectivity index (χ1) is 9.56. The summed E-state index contributed by atoms with van der Waals surface area (Å²) in [6.45, 7) is 8.22. The first kappa shape index (κ1) is 15.4. The molecule has 2 amide bonds. The minimum absolute atomic E-state index is 0.00140. The molecular weight excluding hydrogens is 254 g/mol. The first-order valence-electron chi connectivity index (χ1n) is 7.85. The number of imide groups is 1. The molecule has 5 nitrogen and oxygen atoms in total. The van der Waals surface area contributed by atoms with E-state index in [1.807, 2.05) is 0 Å². The lowest BCUT2D eigenvalue weighted by atomic mass is 10.1. The third kappa shape index (κ3) is 4.28.